The quantitative estimate of drug-likeness (QED) is 0.627. The third kappa shape index (κ3) is 3.61. The number of aromatic nitrogens is 1. The summed E-state index contributed by atoms with van der Waals surface area (Å²) in [5, 5.41) is 0.00864. The number of rotatable bonds is 4. The summed E-state index contributed by atoms with van der Waals surface area (Å²) in [6.45, 7) is 1.87. The average molecular weight is 329 g/mol. The highest BCUT2D eigenvalue weighted by molar-refractivity contribution is 9.10. The average Bonchev–Trinajstić information content (AvgIpc) is 2.24. The second-order valence-electron chi connectivity index (χ2n) is 3.08. The van der Waals surface area contributed by atoms with Crippen LogP contribution in [0.3, 0.4) is 0 Å². The fourth-order valence-electron chi connectivity index (χ4n) is 1.18. The van der Waals surface area contributed by atoms with E-state index in [4.69, 9.17) is 16.3 Å². The van der Waals surface area contributed by atoms with E-state index in [0.29, 0.717) is 0 Å². The molecule has 1 heterocycles. The minimum absolute atomic E-state index is 0.00864. The van der Waals surface area contributed by atoms with E-state index in [1.54, 1.807) is 6.92 Å². The zero-order valence-corrected chi connectivity index (χ0v) is 11.2. The Kier molecular flexibility index (Phi) is 5.27. The molecule has 17 heavy (non-hydrogen) atoms. The lowest BCUT2D eigenvalue weighted by Crippen LogP contribution is -2.09. The zero-order valence-electron chi connectivity index (χ0n) is 8.84. The number of alkyl halides is 2. The summed E-state index contributed by atoms with van der Waals surface area (Å²) in [5.74, 6) is -0.539. The van der Waals surface area contributed by atoms with Crippen LogP contribution in [0.15, 0.2) is 10.7 Å². The molecule has 0 fully saturated rings. The Morgan fingerprint density at radius 1 is 1.65 bits per heavy atom. The topological polar surface area (TPSA) is 39.2 Å². The first-order chi connectivity index (χ1) is 7.97. The molecule has 0 saturated carbocycles. The number of hydrogen-bond donors (Lipinski definition) is 0. The largest absolute Gasteiger partial charge is 0.466 e. The van der Waals surface area contributed by atoms with Crippen molar-refractivity contribution in [3.8, 4) is 0 Å². The molecule has 1 aromatic heterocycles. The first-order valence-electron chi connectivity index (χ1n) is 4.73. The van der Waals surface area contributed by atoms with Crippen molar-refractivity contribution in [1.29, 1.82) is 0 Å². The molecule has 94 valence electrons. The Labute approximate surface area is 110 Å². The van der Waals surface area contributed by atoms with E-state index in [-0.39, 0.29) is 33.8 Å². The van der Waals surface area contributed by atoms with Crippen molar-refractivity contribution in [3.05, 3.63) is 26.9 Å². The van der Waals surface area contributed by atoms with Crippen LogP contribution in [0, 0.1) is 0 Å². The van der Waals surface area contributed by atoms with Gasteiger partial charge in [-0.3, -0.25) is 4.79 Å². The van der Waals surface area contributed by atoms with Crippen molar-refractivity contribution >= 4 is 33.5 Å². The van der Waals surface area contributed by atoms with Gasteiger partial charge in [-0.1, -0.05) is 11.6 Å². The number of carbonyl (C=O) groups excluding carboxylic acids is 1. The first kappa shape index (κ1) is 14.3. The zero-order chi connectivity index (χ0) is 13.0. The molecule has 1 rings (SSSR count). The third-order valence-electron chi connectivity index (χ3n) is 1.95. The van der Waals surface area contributed by atoms with Gasteiger partial charge in [-0.2, -0.15) is 0 Å². The lowest BCUT2D eigenvalue weighted by atomic mass is 10.1. The van der Waals surface area contributed by atoms with Gasteiger partial charge in [-0.25, -0.2) is 13.8 Å². The van der Waals surface area contributed by atoms with Crippen LogP contribution in [-0.4, -0.2) is 17.6 Å². The van der Waals surface area contributed by atoms with E-state index < -0.39 is 12.4 Å². The SMILES string of the molecule is CCOC(=O)Cc1c(Cl)ncc(C(F)F)c1Br. The van der Waals surface area contributed by atoms with E-state index in [1.807, 2.05) is 0 Å². The van der Waals surface area contributed by atoms with E-state index in [0.717, 1.165) is 6.20 Å². The summed E-state index contributed by atoms with van der Waals surface area (Å²) in [7, 11) is 0. The third-order valence-corrected chi connectivity index (χ3v) is 3.21. The van der Waals surface area contributed by atoms with Gasteiger partial charge in [-0.05, 0) is 22.9 Å². The standard InChI is InChI=1S/C10H9BrClF2NO2/c1-2-17-7(16)3-5-8(11)6(10(13)14)4-15-9(5)12/h4,10H,2-3H2,1H3. The van der Waals surface area contributed by atoms with Crippen molar-refractivity contribution in [1.82, 2.24) is 4.98 Å². The van der Waals surface area contributed by atoms with Crippen LogP contribution in [0.2, 0.25) is 5.15 Å². The normalized spacial score (nSPS) is 10.7. The predicted molar refractivity (Wildman–Crippen MR) is 62.2 cm³/mol. The van der Waals surface area contributed by atoms with Crippen LogP contribution in [0.5, 0.6) is 0 Å². The molecule has 0 aliphatic carbocycles. The van der Waals surface area contributed by atoms with E-state index in [9.17, 15) is 13.6 Å². The van der Waals surface area contributed by atoms with Gasteiger partial charge in [0.05, 0.1) is 18.6 Å². The van der Waals surface area contributed by atoms with Crippen molar-refractivity contribution < 1.29 is 18.3 Å². The van der Waals surface area contributed by atoms with Crippen LogP contribution in [0.25, 0.3) is 0 Å². The van der Waals surface area contributed by atoms with Crippen LogP contribution in [0.1, 0.15) is 24.5 Å². The maximum absolute atomic E-state index is 12.6. The number of ether oxygens (including phenoxy) is 1. The molecule has 0 radical (unpaired) electrons. The fraction of sp³-hybridized carbons (Fsp3) is 0.400. The summed E-state index contributed by atoms with van der Waals surface area (Å²) in [6.07, 6.45) is -1.90. The van der Waals surface area contributed by atoms with Gasteiger partial charge >= 0.3 is 5.97 Å². The highest BCUT2D eigenvalue weighted by Gasteiger charge is 2.20. The second kappa shape index (κ2) is 6.26. The predicted octanol–water partition coefficient (Wildman–Crippen LogP) is 3.54. The van der Waals surface area contributed by atoms with Gasteiger partial charge < -0.3 is 4.74 Å². The first-order valence-corrected chi connectivity index (χ1v) is 5.91. The van der Waals surface area contributed by atoms with E-state index >= 15 is 0 Å². The smallest absolute Gasteiger partial charge is 0.310 e. The molecule has 0 amide bonds. The maximum Gasteiger partial charge on any atom is 0.310 e. The van der Waals surface area contributed by atoms with Gasteiger partial charge in [0.2, 0.25) is 0 Å². The fourth-order valence-corrected chi connectivity index (χ4v) is 2.11. The molecule has 1 aromatic rings. The minimum Gasteiger partial charge on any atom is -0.466 e. The lowest BCUT2D eigenvalue weighted by Gasteiger charge is -2.10. The van der Waals surface area contributed by atoms with Gasteiger partial charge in [0.1, 0.15) is 5.15 Å². The second-order valence-corrected chi connectivity index (χ2v) is 4.23. The van der Waals surface area contributed by atoms with Gasteiger partial charge in [0.15, 0.2) is 0 Å². The maximum atomic E-state index is 12.6. The van der Waals surface area contributed by atoms with Crippen molar-refractivity contribution in [2.75, 3.05) is 6.61 Å². The van der Waals surface area contributed by atoms with Gasteiger partial charge in [0, 0.05) is 16.2 Å². The van der Waals surface area contributed by atoms with Gasteiger partial charge in [0.25, 0.3) is 6.43 Å². The number of hydrogen-bond acceptors (Lipinski definition) is 3. The van der Waals surface area contributed by atoms with Crippen molar-refractivity contribution in [2.45, 2.75) is 19.8 Å². The monoisotopic (exact) mass is 327 g/mol. The molecule has 0 unspecified atom stereocenters. The highest BCUT2D eigenvalue weighted by atomic mass is 79.9. The Morgan fingerprint density at radius 2 is 2.29 bits per heavy atom. The molecule has 0 N–H and O–H groups in total. The molecule has 7 heteroatoms. The summed E-state index contributed by atoms with van der Waals surface area (Å²) in [5.41, 5.74) is -0.0865. The van der Waals surface area contributed by atoms with Crippen LogP contribution >= 0.6 is 27.5 Å². The number of nitrogens with zero attached hydrogens (tertiary/aromatic N) is 1. The molecule has 0 aliphatic rings. The Bertz CT molecular complexity index is 429. The Hall–Kier alpha value is -0.750. The number of halogens is 4. The number of pyridine rings is 1. The Morgan fingerprint density at radius 3 is 2.82 bits per heavy atom. The molecule has 0 aromatic carbocycles. The van der Waals surface area contributed by atoms with E-state index in [2.05, 4.69) is 20.9 Å². The molecule has 0 saturated heterocycles. The number of esters is 1. The molecule has 0 spiro atoms. The van der Waals surface area contributed by atoms with Crippen LogP contribution < -0.4 is 0 Å². The molecular formula is C10H9BrClF2NO2. The van der Waals surface area contributed by atoms with Crippen LogP contribution in [-0.2, 0) is 16.0 Å². The molecule has 3 nitrogen and oxygen atoms in total. The summed E-state index contributed by atoms with van der Waals surface area (Å²) < 4.78 is 30.0. The number of carbonyl (C=O) groups is 1. The molecule has 0 atom stereocenters. The van der Waals surface area contributed by atoms with E-state index in [1.165, 1.54) is 0 Å². The Balaban J connectivity index is 3.05. The van der Waals surface area contributed by atoms with Crippen LogP contribution in [0.4, 0.5) is 8.78 Å². The van der Waals surface area contributed by atoms with Crippen molar-refractivity contribution in [3.63, 3.8) is 0 Å². The summed E-state index contributed by atoms with van der Waals surface area (Å²) in [4.78, 5) is 14.9. The minimum atomic E-state index is -2.69. The lowest BCUT2D eigenvalue weighted by molar-refractivity contribution is -0.142. The van der Waals surface area contributed by atoms with Gasteiger partial charge in [-0.15, -0.1) is 0 Å². The molecule has 0 bridgehead atoms. The summed E-state index contributed by atoms with van der Waals surface area (Å²) >= 11 is 8.76. The summed E-state index contributed by atoms with van der Waals surface area (Å²) in [6, 6.07) is 0. The highest BCUT2D eigenvalue weighted by Crippen LogP contribution is 2.33. The molecular weight excluding hydrogens is 319 g/mol. The molecule has 0 aliphatic heterocycles. The van der Waals surface area contributed by atoms with Crippen molar-refractivity contribution in [2.24, 2.45) is 0 Å².